The molecule has 1 unspecified atom stereocenters. The van der Waals surface area contributed by atoms with E-state index in [1.54, 1.807) is 0 Å². The number of carboxylic acids is 1. The van der Waals surface area contributed by atoms with Crippen LogP contribution in [0.3, 0.4) is 0 Å². The fraction of sp³-hybridized carbons (Fsp3) is 0.875. The Bertz CT molecular complexity index is 146. The van der Waals surface area contributed by atoms with E-state index in [1.165, 1.54) is 0 Å². The average molecular weight is 184 g/mol. The van der Waals surface area contributed by atoms with Crippen molar-refractivity contribution in [2.75, 3.05) is 0 Å². The first-order valence-corrected chi connectivity index (χ1v) is 4.08. The Morgan fingerprint density at radius 3 is 2.25 bits per heavy atom. The van der Waals surface area contributed by atoms with Crippen LogP contribution in [0.2, 0.25) is 0 Å². The zero-order chi connectivity index (χ0) is 8.27. The van der Waals surface area contributed by atoms with Crippen molar-refractivity contribution >= 4 is 35.5 Å². The summed E-state index contributed by atoms with van der Waals surface area (Å²) >= 11 is 0. The second kappa shape index (κ2) is 5.95. The average Bonchev–Trinajstić information content (AvgIpc) is 2.05. The Labute approximate surface area is 93.8 Å². The van der Waals surface area contributed by atoms with E-state index in [2.05, 4.69) is 0 Å². The number of hydrogen-bond donors (Lipinski definition) is 1. The normalized spacial score (nSPS) is 21.1. The molecule has 0 heterocycles. The maximum absolute atomic E-state index is 12.8. The molecule has 0 saturated heterocycles. The Morgan fingerprint density at radius 2 is 1.83 bits per heavy atom. The van der Waals surface area contributed by atoms with Gasteiger partial charge in [-0.05, 0) is 12.8 Å². The van der Waals surface area contributed by atoms with Crippen LogP contribution in [0, 0.1) is 5.92 Å². The number of alkyl halides is 1. The summed E-state index contributed by atoms with van der Waals surface area (Å²) in [5.74, 6) is -1.52. The molecule has 12 heavy (non-hydrogen) atoms. The van der Waals surface area contributed by atoms with Crippen molar-refractivity contribution in [3.63, 3.8) is 0 Å². The molecule has 66 valence electrons. The van der Waals surface area contributed by atoms with E-state index in [-0.39, 0.29) is 35.5 Å². The van der Waals surface area contributed by atoms with Gasteiger partial charge in [-0.1, -0.05) is 19.3 Å². The van der Waals surface area contributed by atoms with Crippen molar-refractivity contribution in [1.82, 2.24) is 0 Å². The molecule has 1 N–H and O–H groups in total. The first kappa shape index (κ1) is 12.4. The van der Waals surface area contributed by atoms with Gasteiger partial charge in [0, 0.05) is 5.92 Å². The molecule has 0 aromatic rings. The molecule has 1 atom stereocenters. The topological polar surface area (TPSA) is 37.3 Å². The molecule has 0 aliphatic heterocycles. The molecule has 0 radical (unpaired) electrons. The van der Waals surface area contributed by atoms with E-state index < -0.39 is 12.1 Å². The summed E-state index contributed by atoms with van der Waals surface area (Å²) in [5, 5.41) is 8.36. The molecular formula is C8H14FNaO2. The summed E-state index contributed by atoms with van der Waals surface area (Å²) in [5.41, 5.74) is 0. The monoisotopic (exact) mass is 184 g/mol. The van der Waals surface area contributed by atoms with Crippen molar-refractivity contribution in [2.24, 2.45) is 5.92 Å². The van der Waals surface area contributed by atoms with Gasteiger partial charge in [0.25, 0.3) is 0 Å². The van der Waals surface area contributed by atoms with Crippen molar-refractivity contribution in [3.05, 3.63) is 0 Å². The quantitative estimate of drug-likeness (QED) is 0.657. The van der Waals surface area contributed by atoms with Gasteiger partial charge in [-0.3, -0.25) is 0 Å². The summed E-state index contributed by atoms with van der Waals surface area (Å²) in [6.07, 6.45) is 2.95. The number of rotatable bonds is 2. The van der Waals surface area contributed by atoms with E-state index in [0.29, 0.717) is 0 Å². The third-order valence-corrected chi connectivity index (χ3v) is 2.30. The van der Waals surface area contributed by atoms with Crippen molar-refractivity contribution < 1.29 is 14.3 Å². The minimum absolute atomic E-state index is 0. The zero-order valence-corrected chi connectivity index (χ0v) is 6.42. The second-order valence-electron chi connectivity index (χ2n) is 3.14. The molecule has 1 aliphatic rings. The fourth-order valence-corrected chi connectivity index (χ4v) is 1.63. The van der Waals surface area contributed by atoms with Crippen LogP contribution >= 0.6 is 0 Å². The predicted molar refractivity (Wildman–Crippen MR) is 46.3 cm³/mol. The molecular weight excluding hydrogens is 170 g/mol. The molecule has 0 aromatic carbocycles. The van der Waals surface area contributed by atoms with Gasteiger partial charge in [0.15, 0.2) is 6.17 Å². The fourth-order valence-electron chi connectivity index (χ4n) is 1.63. The molecule has 4 heteroatoms. The van der Waals surface area contributed by atoms with Gasteiger partial charge in [0.2, 0.25) is 0 Å². The van der Waals surface area contributed by atoms with Gasteiger partial charge >= 0.3 is 35.5 Å². The van der Waals surface area contributed by atoms with Crippen LogP contribution in [0.15, 0.2) is 0 Å². The standard InChI is InChI=1S/C8H13FO2.Na.H/c9-7(8(10)11)6-4-2-1-3-5-6;;/h6-7H,1-5H2,(H,10,11);;. The molecule has 1 aliphatic carbocycles. The zero-order valence-electron chi connectivity index (χ0n) is 6.42. The Kier molecular flexibility index (Phi) is 6.14. The van der Waals surface area contributed by atoms with Crippen LogP contribution in [0.1, 0.15) is 32.1 Å². The number of carboxylic acid groups (broad SMARTS) is 1. The molecule has 1 fully saturated rings. The number of aliphatic carboxylic acids is 1. The third-order valence-electron chi connectivity index (χ3n) is 2.30. The van der Waals surface area contributed by atoms with Gasteiger partial charge in [-0.25, -0.2) is 9.18 Å². The molecule has 0 aromatic heterocycles. The summed E-state index contributed by atoms with van der Waals surface area (Å²) in [6.45, 7) is 0. The van der Waals surface area contributed by atoms with Crippen LogP contribution in [0.4, 0.5) is 4.39 Å². The van der Waals surface area contributed by atoms with Gasteiger partial charge in [0.05, 0.1) is 0 Å². The van der Waals surface area contributed by atoms with E-state index in [1.807, 2.05) is 0 Å². The summed E-state index contributed by atoms with van der Waals surface area (Å²) in [6, 6.07) is 0. The summed E-state index contributed by atoms with van der Waals surface area (Å²) < 4.78 is 12.8. The number of halogens is 1. The molecule has 0 amide bonds. The predicted octanol–water partition coefficient (Wildman–Crippen LogP) is 1.34. The molecule has 0 bridgehead atoms. The van der Waals surface area contributed by atoms with Gasteiger partial charge < -0.3 is 5.11 Å². The Balaban J connectivity index is 0.00000121. The van der Waals surface area contributed by atoms with Crippen LogP contribution in [0.25, 0.3) is 0 Å². The maximum atomic E-state index is 12.8. The van der Waals surface area contributed by atoms with Crippen LogP contribution < -0.4 is 0 Å². The number of carbonyl (C=O) groups is 1. The van der Waals surface area contributed by atoms with Gasteiger partial charge in [-0.15, -0.1) is 0 Å². The second-order valence-corrected chi connectivity index (χ2v) is 3.14. The van der Waals surface area contributed by atoms with Crippen LogP contribution in [-0.4, -0.2) is 46.8 Å². The SMILES string of the molecule is O=C(O)C(F)C1CCCCC1.[NaH]. The van der Waals surface area contributed by atoms with E-state index in [0.717, 1.165) is 32.1 Å². The molecule has 0 spiro atoms. The van der Waals surface area contributed by atoms with Crippen molar-refractivity contribution in [3.8, 4) is 0 Å². The summed E-state index contributed by atoms with van der Waals surface area (Å²) in [4.78, 5) is 10.2. The minimum atomic E-state index is -1.63. The Hall–Kier alpha value is 0.400. The van der Waals surface area contributed by atoms with Crippen molar-refractivity contribution in [1.29, 1.82) is 0 Å². The first-order valence-electron chi connectivity index (χ1n) is 4.08. The van der Waals surface area contributed by atoms with E-state index in [4.69, 9.17) is 5.11 Å². The third kappa shape index (κ3) is 3.42. The van der Waals surface area contributed by atoms with Gasteiger partial charge in [-0.2, -0.15) is 0 Å². The molecule has 2 nitrogen and oxygen atoms in total. The number of hydrogen-bond acceptors (Lipinski definition) is 1. The summed E-state index contributed by atoms with van der Waals surface area (Å²) in [7, 11) is 0. The Morgan fingerprint density at radius 1 is 1.33 bits per heavy atom. The molecule has 1 saturated carbocycles. The first-order chi connectivity index (χ1) is 5.22. The van der Waals surface area contributed by atoms with Crippen LogP contribution in [-0.2, 0) is 4.79 Å². The van der Waals surface area contributed by atoms with Crippen molar-refractivity contribution in [2.45, 2.75) is 38.3 Å². The van der Waals surface area contributed by atoms with E-state index in [9.17, 15) is 9.18 Å². The molecule has 1 rings (SSSR count). The van der Waals surface area contributed by atoms with E-state index >= 15 is 0 Å². The van der Waals surface area contributed by atoms with Gasteiger partial charge in [0.1, 0.15) is 0 Å². The van der Waals surface area contributed by atoms with Crippen LogP contribution in [0.5, 0.6) is 0 Å².